The lowest BCUT2D eigenvalue weighted by Crippen LogP contribution is -2.42. The summed E-state index contributed by atoms with van der Waals surface area (Å²) in [5.74, 6) is 4.08. The maximum atomic E-state index is 12.2. The van der Waals surface area contributed by atoms with E-state index in [-0.39, 0.29) is 12.3 Å². The fraction of sp³-hybridized carbons (Fsp3) is 0.167. The monoisotopic (exact) mass is 357 g/mol. The van der Waals surface area contributed by atoms with Crippen LogP contribution in [0.15, 0.2) is 48.5 Å². The van der Waals surface area contributed by atoms with Crippen molar-refractivity contribution in [1.82, 2.24) is 5.01 Å². The SMILES string of the molecule is COc1ccc(C(=O)Nc2ccc(CC(=O)N(N)CC(=O)O)cc2)cc1. The molecule has 0 saturated heterocycles. The van der Waals surface area contributed by atoms with E-state index in [1.165, 1.54) is 0 Å². The Labute approximate surface area is 150 Å². The summed E-state index contributed by atoms with van der Waals surface area (Å²) in [4.78, 5) is 34.5. The second-order valence-electron chi connectivity index (χ2n) is 5.47. The molecule has 8 nitrogen and oxygen atoms in total. The number of nitrogens with two attached hydrogens (primary N) is 1. The number of nitrogens with one attached hydrogen (secondary N) is 1. The molecule has 136 valence electrons. The fourth-order valence-electron chi connectivity index (χ4n) is 2.16. The Morgan fingerprint density at radius 3 is 2.23 bits per heavy atom. The molecule has 0 spiro atoms. The van der Waals surface area contributed by atoms with Crippen LogP contribution >= 0.6 is 0 Å². The lowest BCUT2D eigenvalue weighted by Gasteiger charge is -2.14. The van der Waals surface area contributed by atoms with Gasteiger partial charge in [-0.2, -0.15) is 0 Å². The van der Waals surface area contributed by atoms with Crippen molar-refractivity contribution < 1.29 is 24.2 Å². The second kappa shape index (κ2) is 8.63. The normalized spacial score (nSPS) is 10.1. The van der Waals surface area contributed by atoms with Crippen molar-refractivity contribution in [2.45, 2.75) is 6.42 Å². The summed E-state index contributed by atoms with van der Waals surface area (Å²) in [6.07, 6.45) is -0.0313. The minimum atomic E-state index is -1.18. The third-order valence-corrected chi connectivity index (χ3v) is 3.55. The van der Waals surface area contributed by atoms with E-state index < -0.39 is 18.4 Å². The summed E-state index contributed by atoms with van der Waals surface area (Å²) in [7, 11) is 1.55. The molecule has 0 bridgehead atoms. The number of rotatable bonds is 7. The number of aliphatic carboxylic acids is 1. The van der Waals surface area contributed by atoms with E-state index in [1.807, 2.05) is 0 Å². The average Bonchev–Trinajstić information content (AvgIpc) is 2.62. The molecule has 0 aliphatic carbocycles. The van der Waals surface area contributed by atoms with Gasteiger partial charge in [0.1, 0.15) is 12.3 Å². The number of amides is 2. The first-order valence-electron chi connectivity index (χ1n) is 7.70. The number of carboxylic acids is 1. The van der Waals surface area contributed by atoms with E-state index in [1.54, 1.807) is 55.6 Å². The lowest BCUT2D eigenvalue weighted by molar-refractivity contribution is -0.144. The van der Waals surface area contributed by atoms with Crippen LogP contribution in [0.4, 0.5) is 5.69 Å². The third kappa shape index (κ3) is 5.32. The van der Waals surface area contributed by atoms with Gasteiger partial charge in [-0.25, -0.2) is 5.84 Å². The van der Waals surface area contributed by atoms with E-state index in [0.29, 0.717) is 27.6 Å². The smallest absolute Gasteiger partial charge is 0.324 e. The first kappa shape index (κ1) is 18.9. The standard InChI is InChI=1S/C18H19N3O5/c1-26-15-8-4-13(5-9-15)18(25)20-14-6-2-12(3-7-14)10-16(22)21(19)11-17(23)24/h2-9H,10-11,19H2,1H3,(H,20,25)(H,23,24). The van der Waals surface area contributed by atoms with Crippen LogP contribution in [-0.4, -0.2) is 41.6 Å². The number of carbonyl (C=O) groups excluding carboxylic acids is 2. The van der Waals surface area contributed by atoms with Gasteiger partial charge >= 0.3 is 5.97 Å². The maximum Gasteiger partial charge on any atom is 0.324 e. The molecule has 26 heavy (non-hydrogen) atoms. The van der Waals surface area contributed by atoms with Crippen LogP contribution in [0.5, 0.6) is 5.75 Å². The molecule has 0 heterocycles. The van der Waals surface area contributed by atoms with Gasteiger partial charge in [0.25, 0.3) is 5.91 Å². The second-order valence-corrected chi connectivity index (χ2v) is 5.47. The van der Waals surface area contributed by atoms with E-state index in [0.717, 1.165) is 0 Å². The number of hydrogen-bond acceptors (Lipinski definition) is 5. The summed E-state index contributed by atoms with van der Waals surface area (Å²) in [6, 6.07) is 13.3. The predicted octanol–water partition coefficient (Wildman–Crippen LogP) is 1.28. The number of methoxy groups -OCH3 is 1. The van der Waals surface area contributed by atoms with Crippen LogP contribution in [0.25, 0.3) is 0 Å². The molecule has 0 aliphatic rings. The predicted molar refractivity (Wildman–Crippen MR) is 94.6 cm³/mol. The highest BCUT2D eigenvalue weighted by atomic mass is 16.5. The van der Waals surface area contributed by atoms with Gasteiger partial charge < -0.3 is 15.2 Å². The van der Waals surface area contributed by atoms with Crippen molar-refractivity contribution >= 4 is 23.5 Å². The Kier molecular flexibility index (Phi) is 6.29. The molecule has 0 saturated carbocycles. The van der Waals surface area contributed by atoms with Gasteiger partial charge in [-0.1, -0.05) is 12.1 Å². The minimum absolute atomic E-state index is 0.0313. The van der Waals surface area contributed by atoms with Crippen LogP contribution in [-0.2, 0) is 16.0 Å². The molecule has 2 amide bonds. The molecule has 2 aromatic rings. The summed E-state index contributed by atoms with van der Waals surface area (Å²) in [5.41, 5.74) is 1.70. The molecule has 0 fully saturated rings. The zero-order valence-corrected chi connectivity index (χ0v) is 14.1. The van der Waals surface area contributed by atoms with Crippen LogP contribution < -0.4 is 15.9 Å². The zero-order chi connectivity index (χ0) is 19.1. The molecule has 0 aromatic heterocycles. The Hall–Kier alpha value is -3.39. The largest absolute Gasteiger partial charge is 0.497 e. The molecule has 2 rings (SSSR count). The highest BCUT2D eigenvalue weighted by Gasteiger charge is 2.13. The Bertz CT molecular complexity index is 787. The van der Waals surface area contributed by atoms with Crippen molar-refractivity contribution in [2.75, 3.05) is 19.0 Å². The van der Waals surface area contributed by atoms with E-state index in [9.17, 15) is 14.4 Å². The van der Waals surface area contributed by atoms with E-state index in [4.69, 9.17) is 15.7 Å². The number of benzene rings is 2. The summed E-state index contributed by atoms with van der Waals surface area (Å²) in [5, 5.41) is 12.0. The van der Waals surface area contributed by atoms with Gasteiger partial charge in [0.2, 0.25) is 5.91 Å². The van der Waals surface area contributed by atoms with Gasteiger partial charge in [0.15, 0.2) is 0 Å². The molecule has 2 aromatic carbocycles. The number of ether oxygens (including phenoxy) is 1. The Balaban J connectivity index is 1.95. The number of nitrogens with zero attached hydrogens (tertiary/aromatic N) is 1. The Morgan fingerprint density at radius 2 is 1.69 bits per heavy atom. The number of hydrogen-bond donors (Lipinski definition) is 3. The van der Waals surface area contributed by atoms with Crippen molar-refractivity contribution in [3.8, 4) is 5.75 Å². The lowest BCUT2D eigenvalue weighted by atomic mass is 10.1. The molecular formula is C18H19N3O5. The van der Waals surface area contributed by atoms with Crippen LogP contribution in [0.3, 0.4) is 0 Å². The molecule has 8 heteroatoms. The van der Waals surface area contributed by atoms with Crippen LogP contribution in [0, 0.1) is 0 Å². The highest BCUT2D eigenvalue weighted by Crippen LogP contribution is 2.15. The van der Waals surface area contributed by atoms with Gasteiger partial charge in [0, 0.05) is 11.3 Å². The van der Waals surface area contributed by atoms with Crippen molar-refractivity contribution in [3.63, 3.8) is 0 Å². The van der Waals surface area contributed by atoms with Gasteiger partial charge in [-0.05, 0) is 42.0 Å². The summed E-state index contributed by atoms with van der Waals surface area (Å²) >= 11 is 0. The highest BCUT2D eigenvalue weighted by molar-refractivity contribution is 6.04. The summed E-state index contributed by atoms with van der Waals surface area (Å²) < 4.78 is 5.05. The van der Waals surface area contributed by atoms with Gasteiger partial charge in [0.05, 0.1) is 13.5 Å². The number of anilines is 1. The van der Waals surface area contributed by atoms with Crippen molar-refractivity contribution in [2.24, 2.45) is 5.84 Å². The molecule has 0 unspecified atom stereocenters. The molecule has 4 N–H and O–H groups in total. The average molecular weight is 357 g/mol. The van der Waals surface area contributed by atoms with Crippen LogP contribution in [0.2, 0.25) is 0 Å². The molecule has 0 aliphatic heterocycles. The third-order valence-electron chi connectivity index (χ3n) is 3.55. The quantitative estimate of drug-likeness (QED) is 0.390. The van der Waals surface area contributed by atoms with Crippen LogP contribution in [0.1, 0.15) is 15.9 Å². The minimum Gasteiger partial charge on any atom is -0.497 e. The van der Waals surface area contributed by atoms with Crippen molar-refractivity contribution in [3.05, 3.63) is 59.7 Å². The number of carbonyl (C=O) groups is 3. The van der Waals surface area contributed by atoms with E-state index in [2.05, 4.69) is 5.32 Å². The molecule has 0 radical (unpaired) electrons. The maximum absolute atomic E-state index is 12.2. The van der Waals surface area contributed by atoms with E-state index >= 15 is 0 Å². The van der Waals surface area contributed by atoms with Gasteiger partial charge in [-0.3, -0.25) is 19.4 Å². The summed E-state index contributed by atoms with van der Waals surface area (Å²) in [6.45, 7) is -0.561. The fourth-order valence-corrected chi connectivity index (χ4v) is 2.16. The number of hydrazine groups is 1. The van der Waals surface area contributed by atoms with Gasteiger partial charge in [-0.15, -0.1) is 0 Å². The topological polar surface area (TPSA) is 122 Å². The number of carboxylic acid groups (broad SMARTS) is 1. The Morgan fingerprint density at radius 1 is 1.08 bits per heavy atom. The first-order valence-corrected chi connectivity index (χ1v) is 7.70. The first-order chi connectivity index (χ1) is 12.4. The zero-order valence-electron chi connectivity index (χ0n) is 14.1. The molecule has 0 atom stereocenters. The molecular weight excluding hydrogens is 338 g/mol. The van der Waals surface area contributed by atoms with Crippen molar-refractivity contribution in [1.29, 1.82) is 0 Å².